The Morgan fingerprint density at radius 1 is 0.413 bits per heavy atom. The van der Waals surface area contributed by atoms with Crippen molar-refractivity contribution in [2.24, 2.45) is 4.99 Å². The van der Waals surface area contributed by atoms with E-state index in [0.717, 1.165) is 11.4 Å². The van der Waals surface area contributed by atoms with E-state index in [2.05, 4.69) is 168 Å². The molecule has 1 aliphatic carbocycles. The molecule has 8 aromatic rings. The molecule has 0 radical (unpaired) electrons. The Bertz CT molecular complexity index is 2460. The summed E-state index contributed by atoms with van der Waals surface area (Å²) in [5.41, 5.74) is 17.2. The monoisotopic (exact) mass is 584 g/mol. The molecular weight excluding hydrogens is 556 g/mol. The number of fused-ring (bicyclic) bond motifs is 11. The van der Waals surface area contributed by atoms with Crippen LogP contribution in [0.1, 0.15) is 22.6 Å². The number of rotatable bonds is 3. The van der Waals surface area contributed by atoms with Crippen molar-refractivity contribution in [2.75, 3.05) is 0 Å². The highest BCUT2D eigenvalue weighted by atomic mass is 15.0. The maximum Gasteiger partial charge on any atom is 0.0675 e. The molecule has 2 heteroatoms. The highest BCUT2D eigenvalue weighted by Crippen LogP contribution is 2.50. The quantitative estimate of drug-likeness (QED) is 0.197. The van der Waals surface area contributed by atoms with Gasteiger partial charge in [0.2, 0.25) is 0 Å². The van der Waals surface area contributed by atoms with Gasteiger partial charge in [0.1, 0.15) is 0 Å². The second-order valence-electron chi connectivity index (χ2n) is 12.3. The van der Waals surface area contributed by atoms with Crippen LogP contribution >= 0.6 is 0 Å². The van der Waals surface area contributed by atoms with Gasteiger partial charge in [0.05, 0.1) is 28.4 Å². The minimum Gasteiger partial charge on any atom is -0.309 e. The first kappa shape index (κ1) is 25.3. The molecule has 46 heavy (non-hydrogen) atoms. The SMILES string of the molecule is c1ccc2c(c1)N=C1c3cc(-c4ccc(-c5ccc(-n6c7ccccc7c7ccccc76)cc5)cc4)ccc3-c3ccccc3C12. The highest BCUT2D eigenvalue weighted by Gasteiger charge is 2.36. The third-order valence-electron chi connectivity index (χ3n) is 9.88. The van der Waals surface area contributed by atoms with Gasteiger partial charge in [-0.05, 0) is 80.9 Å². The van der Waals surface area contributed by atoms with Gasteiger partial charge in [-0.1, -0.05) is 127 Å². The lowest BCUT2D eigenvalue weighted by Crippen LogP contribution is -2.18. The smallest absolute Gasteiger partial charge is 0.0675 e. The summed E-state index contributed by atoms with van der Waals surface area (Å²) < 4.78 is 2.36. The van der Waals surface area contributed by atoms with Gasteiger partial charge in [-0.25, -0.2) is 0 Å². The van der Waals surface area contributed by atoms with E-state index < -0.39 is 0 Å². The van der Waals surface area contributed by atoms with Crippen LogP contribution in [-0.2, 0) is 0 Å². The van der Waals surface area contributed by atoms with Gasteiger partial charge in [-0.15, -0.1) is 0 Å². The third-order valence-corrected chi connectivity index (χ3v) is 9.88. The number of hydrogen-bond donors (Lipinski definition) is 0. The van der Waals surface area contributed by atoms with Gasteiger partial charge >= 0.3 is 0 Å². The van der Waals surface area contributed by atoms with Gasteiger partial charge in [0.15, 0.2) is 0 Å². The number of aliphatic imine (C=N–C) groups is 1. The number of benzene rings is 7. The second kappa shape index (κ2) is 9.76. The first-order valence-corrected chi connectivity index (χ1v) is 15.9. The standard InChI is InChI=1S/C44H28N2/c1-2-12-37-33(9-1)34-26-23-31(27-39(34)44-43(37)38-13-3-6-14-40(38)45-44)30-19-17-28(18-20-30)29-21-24-32(25-22-29)46-41-15-7-4-10-35(41)36-11-5-8-16-42(36)46/h1-27,43H. The molecule has 1 aliphatic heterocycles. The van der Waals surface area contributed by atoms with Crippen LogP contribution < -0.4 is 0 Å². The molecule has 10 rings (SSSR count). The van der Waals surface area contributed by atoms with Crippen molar-refractivity contribution >= 4 is 33.2 Å². The highest BCUT2D eigenvalue weighted by molar-refractivity contribution is 6.18. The van der Waals surface area contributed by atoms with Gasteiger partial charge in [-0.2, -0.15) is 0 Å². The lowest BCUT2D eigenvalue weighted by atomic mass is 9.75. The molecule has 0 saturated heterocycles. The van der Waals surface area contributed by atoms with Crippen molar-refractivity contribution in [1.29, 1.82) is 0 Å². The Morgan fingerprint density at radius 2 is 0.957 bits per heavy atom. The Balaban J connectivity index is 1.00. The minimum absolute atomic E-state index is 0.183. The van der Waals surface area contributed by atoms with E-state index in [1.165, 1.54) is 77.6 Å². The number of aromatic nitrogens is 1. The van der Waals surface area contributed by atoms with E-state index in [0.29, 0.717) is 0 Å². The van der Waals surface area contributed by atoms with Gasteiger partial charge in [0, 0.05) is 22.0 Å². The Hall–Kier alpha value is -5.99. The summed E-state index contributed by atoms with van der Waals surface area (Å²) in [5, 5.41) is 2.56. The fourth-order valence-electron chi connectivity index (χ4n) is 7.73. The number of nitrogens with zero attached hydrogens (tertiary/aromatic N) is 2. The van der Waals surface area contributed by atoms with E-state index in [4.69, 9.17) is 4.99 Å². The molecule has 2 nitrogen and oxygen atoms in total. The van der Waals surface area contributed by atoms with Crippen molar-refractivity contribution in [2.45, 2.75) is 5.92 Å². The molecule has 2 heterocycles. The fourth-order valence-corrected chi connectivity index (χ4v) is 7.73. The largest absolute Gasteiger partial charge is 0.309 e. The Labute approximate surface area is 267 Å². The lowest BCUT2D eigenvalue weighted by molar-refractivity contribution is 1.10. The van der Waals surface area contributed by atoms with Crippen molar-refractivity contribution in [1.82, 2.24) is 4.57 Å². The average Bonchev–Trinajstić information content (AvgIpc) is 3.69. The average molecular weight is 585 g/mol. The lowest BCUT2D eigenvalue weighted by Gasteiger charge is -2.27. The molecule has 0 bridgehead atoms. The van der Waals surface area contributed by atoms with Crippen LogP contribution in [0.3, 0.4) is 0 Å². The van der Waals surface area contributed by atoms with E-state index in [1.807, 2.05) is 0 Å². The summed E-state index contributed by atoms with van der Waals surface area (Å²) in [7, 11) is 0. The maximum absolute atomic E-state index is 5.18. The molecule has 7 aromatic carbocycles. The fraction of sp³-hybridized carbons (Fsp3) is 0.0227. The van der Waals surface area contributed by atoms with Crippen LogP contribution in [0.25, 0.3) is 60.9 Å². The van der Waals surface area contributed by atoms with Crippen molar-refractivity contribution in [3.8, 4) is 39.1 Å². The zero-order valence-electron chi connectivity index (χ0n) is 25.1. The zero-order valence-corrected chi connectivity index (χ0v) is 25.1. The summed E-state index contributed by atoms with van der Waals surface area (Å²) >= 11 is 0. The molecule has 0 saturated carbocycles. The predicted octanol–water partition coefficient (Wildman–Crippen LogP) is 11.4. The zero-order chi connectivity index (χ0) is 30.2. The normalized spacial score (nSPS) is 14.4. The van der Waals surface area contributed by atoms with Crippen LogP contribution in [0.4, 0.5) is 5.69 Å². The summed E-state index contributed by atoms with van der Waals surface area (Å²) in [4.78, 5) is 5.18. The van der Waals surface area contributed by atoms with Gasteiger partial charge in [0.25, 0.3) is 0 Å². The van der Waals surface area contributed by atoms with Crippen LogP contribution in [-0.4, -0.2) is 10.3 Å². The first-order valence-electron chi connectivity index (χ1n) is 15.9. The molecule has 1 atom stereocenters. The topological polar surface area (TPSA) is 17.3 Å². The molecule has 1 aromatic heterocycles. The van der Waals surface area contributed by atoms with Crippen LogP contribution in [0.15, 0.2) is 169 Å². The summed E-state index contributed by atoms with van der Waals surface area (Å²) in [6.07, 6.45) is 0. The van der Waals surface area contributed by atoms with E-state index >= 15 is 0 Å². The first-order chi connectivity index (χ1) is 22.8. The van der Waals surface area contributed by atoms with E-state index in [-0.39, 0.29) is 5.92 Å². The molecule has 0 spiro atoms. The Kier molecular flexibility index (Phi) is 5.38. The molecule has 0 amide bonds. The molecule has 214 valence electrons. The number of hydrogen-bond acceptors (Lipinski definition) is 1. The van der Waals surface area contributed by atoms with E-state index in [9.17, 15) is 0 Å². The van der Waals surface area contributed by atoms with Crippen LogP contribution in [0.5, 0.6) is 0 Å². The third kappa shape index (κ3) is 3.68. The van der Waals surface area contributed by atoms with Crippen LogP contribution in [0.2, 0.25) is 0 Å². The van der Waals surface area contributed by atoms with Crippen molar-refractivity contribution in [3.63, 3.8) is 0 Å². The molecule has 0 fully saturated rings. The summed E-state index contributed by atoms with van der Waals surface area (Å²) in [6, 6.07) is 59.5. The van der Waals surface area contributed by atoms with Gasteiger partial charge < -0.3 is 4.57 Å². The molecule has 1 unspecified atom stereocenters. The van der Waals surface area contributed by atoms with Crippen LogP contribution in [0, 0.1) is 0 Å². The predicted molar refractivity (Wildman–Crippen MR) is 192 cm³/mol. The second-order valence-corrected chi connectivity index (χ2v) is 12.3. The number of para-hydroxylation sites is 3. The summed E-state index contributed by atoms with van der Waals surface area (Å²) in [5.74, 6) is 0.183. The molecule has 2 aliphatic rings. The van der Waals surface area contributed by atoms with Crippen molar-refractivity contribution < 1.29 is 0 Å². The molecule has 0 N–H and O–H groups in total. The minimum atomic E-state index is 0.183. The Morgan fingerprint density at radius 3 is 1.67 bits per heavy atom. The van der Waals surface area contributed by atoms with E-state index in [1.54, 1.807) is 0 Å². The van der Waals surface area contributed by atoms with Crippen molar-refractivity contribution in [3.05, 3.63) is 180 Å². The molecular formula is C44H28N2. The maximum atomic E-state index is 5.18. The summed E-state index contributed by atoms with van der Waals surface area (Å²) in [6.45, 7) is 0. The van der Waals surface area contributed by atoms with Gasteiger partial charge in [-0.3, -0.25) is 4.99 Å².